The number of carbonyl (C=O) groups excluding carboxylic acids is 2. The molecule has 1 heterocycles. The van der Waals surface area contributed by atoms with Crippen molar-refractivity contribution in [3.8, 4) is 0 Å². The third-order valence-electron chi connectivity index (χ3n) is 4.78. The molecule has 4 heteroatoms. The van der Waals surface area contributed by atoms with E-state index in [4.69, 9.17) is 0 Å². The first kappa shape index (κ1) is 17.2. The van der Waals surface area contributed by atoms with Gasteiger partial charge in [0.1, 0.15) is 0 Å². The van der Waals surface area contributed by atoms with Crippen molar-refractivity contribution in [1.82, 2.24) is 5.32 Å². The summed E-state index contributed by atoms with van der Waals surface area (Å²) in [7, 11) is 0. The number of hydrogen-bond donors (Lipinski definition) is 1. The molecule has 2 atom stereocenters. The SMILES string of the molecule is CCc1cccc(N2C[C@H](C(=O)N[C@@H](C)c3ccccc3)CC2=O)c1. The molecule has 1 saturated heterocycles. The molecule has 0 aliphatic carbocycles. The second-order valence-corrected chi connectivity index (χ2v) is 6.57. The molecule has 2 aromatic carbocycles. The topological polar surface area (TPSA) is 49.4 Å². The molecule has 130 valence electrons. The number of benzene rings is 2. The molecule has 0 spiro atoms. The maximum atomic E-state index is 12.6. The van der Waals surface area contributed by atoms with Gasteiger partial charge < -0.3 is 10.2 Å². The lowest BCUT2D eigenvalue weighted by Gasteiger charge is -2.19. The summed E-state index contributed by atoms with van der Waals surface area (Å²) in [6, 6.07) is 17.8. The molecule has 4 nitrogen and oxygen atoms in total. The highest BCUT2D eigenvalue weighted by atomic mass is 16.2. The first-order chi connectivity index (χ1) is 12.1. The fourth-order valence-corrected chi connectivity index (χ4v) is 3.23. The van der Waals surface area contributed by atoms with Crippen LogP contribution in [0.3, 0.4) is 0 Å². The predicted molar refractivity (Wildman–Crippen MR) is 99.3 cm³/mol. The molecule has 1 N–H and O–H groups in total. The minimum atomic E-state index is -0.302. The van der Waals surface area contributed by atoms with Gasteiger partial charge in [0, 0.05) is 18.7 Å². The van der Waals surface area contributed by atoms with E-state index in [0.29, 0.717) is 6.54 Å². The molecule has 0 saturated carbocycles. The number of anilines is 1. The Morgan fingerprint density at radius 3 is 2.68 bits per heavy atom. The summed E-state index contributed by atoms with van der Waals surface area (Å²) in [4.78, 5) is 26.7. The summed E-state index contributed by atoms with van der Waals surface area (Å²) in [5.41, 5.74) is 3.14. The van der Waals surface area contributed by atoms with E-state index in [1.807, 2.05) is 55.5 Å². The number of carbonyl (C=O) groups is 2. The molecule has 25 heavy (non-hydrogen) atoms. The molecule has 0 aromatic heterocycles. The van der Waals surface area contributed by atoms with E-state index in [9.17, 15) is 9.59 Å². The minimum absolute atomic E-state index is 0.0146. The Bertz CT molecular complexity index is 758. The zero-order valence-electron chi connectivity index (χ0n) is 14.7. The molecule has 2 aromatic rings. The predicted octanol–water partition coefficient (Wildman–Crippen LogP) is 3.48. The van der Waals surface area contributed by atoms with Gasteiger partial charge in [0.15, 0.2) is 0 Å². The van der Waals surface area contributed by atoms with Crippen LogP contribution in [-0.2, 0) is 16.0 Å². The Morgan fingerprint density at radius 1 is 1.20 bits per heavy atom. The van der Waals surface area contributed by atoms with Gasteiger partial charge in [-0.1, -0.05) is 49.4 Å². The van der Waals surface area contributed by atoms with Crippen LogP contribution in [0.5, 0.6) is 0 Å². The fraction of sp³-hybridized carbons (Fsp3) is 0.333. The minimum Gasteiger partial charge on any atom is -0.349 e. The monoisotopic (exact) mass is 336 g/mol. The number of aryl methyl sites for hydroxylation is 1. The number of amides is 2. The second-order valence-electron chi connectivity index (χ2n) is 6.57. The maximum Gasteiger partial charge on any atom is 0.227 e. The van der Waals surface area contributed by atoms with E-state index >= 15 is 0 Å². The largest absolute Gasteiger partial charge is 0.349 e. The molecule has 0 radical (unpaired) electrons. The van der Waals surface area contributed by atoms with Crippen molar-refractivity contribution in [3.05, 3.63) is 65.7 Å². The van der Waals surface area contributed by atoms with Crippen LogP contribution in [0.25, 0.3) is 0 Å². The average molecular weight is 336 g/mol. The normalized spacial score (nSPS) is 18.2. The Balaban J connectivity index is 1.66. The van der Waals surface area contributed by atoms with Crippen LogP contribution in [0, 0.1) is 5.92 Å². The number of nitrogens with one attached hydrogen (secondary N) is 1. The second kappa shape index (κ2) is 7.51. The van der Waals surface area contributed by atoms with Gasteiger partial charge in [-0.2, -0.15) is 0 Å². The van der Waals surface area contributed by atoms with Crippen molar-refractivity contribution in [2.24, 2.45) is 5.92 Å². The lowest BCUT2D eigenvalue weighted by molar-refractivity contribution is -0.126. The standard InChI is InChI=1S/C21H24N2O2/c1-3-16-8-7-11-19(12-16)23-14-18(13-20(23)24)21(25)22-15(2)17-9-5-4-6-10-17/h4-12,15,18H,3,13-14H2,1-2H3,(H,22,25)/t15-,18+/m0/s1. The third kappa shape index (κ3) is 3.90. The van der Waals surface area contributed by atoms with E-state index in [0.717, 1.165) is 17.7 Å². The van der Waals surface area contributed by atoms with Gasteiger partial charge in [-0.25, -0.2) is 0 Å². The Labute approximate surface area is 148 Å². The first-order valence-corrected chi connectivity index (χ1v) is 8.83. The molecule has 1 aliphatic rings. The first-order valence-electron chi connectivity index (χ1n) is 8.83. The lowest BCUT2D eigenvalue weighted by atomic mass is 10.1. The van der Waals surface area contributed by atoms with Gasteiger partial charge >= 0.3 is 0 Å². The quantitative estimate of drug-likeness (QED) is 0.909. The van der Waals surface area contributed by atoms with E-state index in [1.54, 1.807) is 4.90 Å². The van der Waals surface area contributed by atoms with E-state index < -0.39 is 0 Å². The Hall–Kier alpha value is -2.62. The zero-order chi connectivity index (χ0) is 17.8. The molecule has 3 rings (SSSR count). The third-order valence-corrected chi connectivity index (χ3v) is 4.78. The van der Waals surface area contributed by atoms with Gasteiger partial charge in [-0.15, -0.1) is 0 Å². The van der Waals surface area contributed by atoms with E-state index in [-0.39, 0.29) is 30.2 Å². The highest BCUT2D eigenvalue weighted by Gasteiger charge is 2.35. The molecule has 2 amide bonds. The lowest BCUT2D eigenvalue weighted by Crippen LogP contribution is -2.34. The zero-order valence-corrected chi connectivity index (χ0v) is 14.7. The molecule has 0 unspecified atom stereocenters. The van der Waals surface area contributed by atoms with Crippen LogP contribution >= 0.6 is 0 Å². The molecule has 1 fully saturated rings. The summed E-state index contributed by atoms with van der Waals surface area (Å²) < 4.78 is 0. The fourth-order valence-electron chi connectivity index (χ4n) is 3.23. The smallest absolute Gasteiger partial charge is 0.227 e. The number of nitrogens with zero attached hydrogens (tertiary/aromatic N) is 1. The highest BCUT2D eigenvalue weighted by Crippen LogP contribution is 2.26. The van der Waals surface area contributed by atoms with E-state index in [2.05, 4.69) is 18.3 Å². The molecule has 1 aliphatic heterocycles. The van der Waals surface area contributed by atoms with Crippen molar-refractivity contribution in [2.75, 3.05) is 11.4 Å². The summed E-state index contributed by atoms with van der Waals surface area (Å²) in [6.07, 6.45) is 1.19. The maximum absolute atomic E-state index is 12.6. The average Bonchev–Trinajstić information content (AvgIpc) is 3.04. The number of rotatable bonds is 5. The molecule has 0 bridgehead atoms. The summed E-state index contributed by atoms with van der Waals surface area (Å²) in [5, 5.41) is 3.04. The highest BCUT2D eigenvalue weighted by molar-refractivity contribution is 6.00. The van der Waals surface area contributed by atoms with Crippen LogP contribution in [0.4, 0.5) is 5.69 Å². The Kier molecular flexibility index (Phi) is 5.17. The molecular weight excluding hydrogens is 312 g/mol. The van der Waals surface area contributed by atoms with Gasteiger partial charge in [0.2, 0.25) is 11.8 Å². The van der Waals surface area contributed by atoms with Crippen molar-refractivity contribution in [2.45, 2.75) is 32.7 Å². The van der Waals surface area contributed by atoms with Crippen LogP contribution in [-0.4, -0.2) is 18.4 Å². The van der Waals surface area contributed by atoms with Crippen LogP contribution in [0.15, 0.2) is 54.6 Å². The van der Waals surface area contributed by atoms with Crippen LogP contribution < -0.4 is 10.2 Å². The van der Waals surface area contributed by atoms with Crippen LogP contribution in [0.1, 0.15) is 37.4 Å². The van der Waals surface area contributed by atoms with Crippen molar-refractivity contribution >= 4 is 17.5 Å². The summed E-state index contributed by atoms with van der Waals surface area (Å²) >= 11 is 0. The van der Waals surface area contributed by atoms with Crippen molar-refractivity contribution in [1.29, 1.82) is 0 Å². The van der Waals surface area contributed by atoms with Crippen molar-refractivity contribution < 1.29 is 9.59 Å². The number of hydrogen-bond acceptors (Lipinski definition) is 2. The van der Waals surface area contributed by atoms with Gasteiger partial charge in [-0.3, -0.25) is 9.59 Å². The summed E-state index contributed by atoms with van der Waals surface area (Å²) in [6.45, 7) is 4.50. The van der Waals surface area contributed by atoms with Gasteiger partial charge in [0.25, 0.3) is 0 Å². The van der Waals surface area contributed by atoms with Gasteiger partial charge in [0.05, 0.1) is 12.0 Å². The van der Waals surface area contributed by atoms with E-state index in [1.165, 1.54) is 5.56 Å². The van der Waals surface area contributed by atoms with Crippen LogP contribution in [0.2, 0.25) is 0 Å². The molecular formula is C21H24N2O2. The summed E-state index contributed by atoms with van der Waals surface area (Å²) in [5.74, 6) is -0.344. The van der Waals surface area contributed by atoms with Crippen molar-refractivity contribution in [3.63, 3.8) is 0 Å². The Morgan fingerprint density at radius 2 is 1.96 bits per heavy atom. The van der Waals surface area contributed by atoms with Gasteiger partial charge in [-0.05, 0) is 36.6 Å².